The van der Waals surface area contributed by atoms with E-state index in [1.54, 1.807) is 0 Å². The summed E-state index contributed by atoms with van der Waals surface area (Å²) in [5, 5.41) is 0. The minimum atomic E-state index is 1.05. The maximum atomic E-state index is 4.48. The Morgan fingerprint density at radius 2 is 2.14 bits per heavy atom. The summed E-state index contributed by atoms with van der Waals surface area (Å²) >= 11 is 0. The van der Waals surface area contributed by atoms with Gasteiger partial charge in [-0.1, -0.05) is 18.7 Å². The van der Waals surface area contributed by atoms with E-state index in [0.29, 0.717) is 0 Å². The Morgan fingerprint density at radius 1 is 1.36 bits per heavy atom. The maximum Gasteiger partial charge on any atom is 0.0456 e. The molecule has 0 aliphatic heterocycles. The number of fused-ring (bicyclic) bond motifs is 1. The summed E-state index contributed by atoms with van der Waals surface area (Å²) in [6, 6.07) is 2.13. The third-order valence-corrected chi connectivity index (χ3v) is 2.62. The van der Waals surface area contributed by atoms with Crippen LogP contribution in [-0.4, -0.2) is 4.98 Å². The fourth-order valence-electron chi connectivity index (χ4n) is 2.04. The van der Waals surface area contributed by atoms with Crippen LogP contribution in [0.25, 0.3) is 11.6 Å². The smallest absolute Gasteiger partial charge is 0.0456 e. The minimum absolute atomic E-state index is 1.05. The van der Waals surface area contributed by atoms with Crippen LogP contribution >= 0.6 is 0 Å². The minimum Gasteiger partial charge on any atom is -0.258 e. The first-order valence-electron chi connectivity index (χ1n) is 5.01. The van der Waals surface area contributed by atoms with Gasteiger partial charge in [-0.15, -0.1) is 0 Å². The second-order valence-electron chi connectivity index (χ2n) is 3.86. The third-order valence-electron chi connectivity index (χ3n) is 2.62. The van der Waals surface area contributed by atoms with Crippen LogP contribution in [0.3, 0.4) is 0 Å². The molecule has 0 bridgehead atoms. The largest absolute Gasteiger partial charge is 0.258 e. The van der Waals surface area contributed by atoms with Crippen LogP contribution in [0.5, 0.6) is 0 Å². The van der Waals surface area contributed by atoms with E-state index in [-0.39, 0.29) is 0 Å². The number of nitrogens with zero attached hydrogens (tertiary/aromatic N) is 1. The highest BCUT2D eigenvalue weighted by molar-refractivity contribution is 5.76. The van der Waals surface area contributed by atoms with E-state index < -0.39 is 0 Å². The van der Waals surface area contributed by atoms with Gasteiger partial charge in [-0.3, -0.25) is 4.98 Å². The van der Waals surface area contributed by atoms with Crippen molar-refractivity contribution in [3.8, 4) is 0 Å². The maximum absolute atomic E-state index is 4.48. The SMILES string of the molecule is C=C1CCC=Cc2cc(C)nc(C)c21. The van der Waals surface area contributed by atoms with Crippen LogP contribution in [0.4, 0.5) is 0 Å². The Labute approximate surface area is 85.2 Å². The predicted molar refractivity (Wildman–Crippen MR) is 61.0 cm³/mol. The van der Waals surface area contributed by atoms with Gasteiger partial charge in [0.25, 0.3) is 0 Å². The van der Waals surface area contributed by atoms with Crippen LogP contribution in [0.1, 0.15) is 35.4 Å². The molecule has 0 radical (unpaired) electrons. The van der Waals surface area contributed by atoms with Gasteiger partial charge in [0.05, 0.1) is 0 Å². The molecule has 0 atom stereocenters. The van der Waals surface area contributed by atoms with Crippen molar-refractivity contribution < 1.29 is 0 Å². The lowest BCUT2D eigenvalue weighted by atomic mass is 9.98. The van der Waals surface area contributed by atoms with Gasteiger partial charge in [-0.25, -0.2) is 0 Å². The first-order valence-corrected chi connectivity index (χ1v) is 5.01. The molecule has 1 aromatic heterocycles. The van der Waals surface area contributed by atoms with Crippen molar-refractivity contribution in [2.24, 2.45) is 0 Å². The lowest BCUT2D eigenvalue weighted by Gasteiger charge is -2.10. The molecule has 0 aromatic carbocycles. The average molecular weight is 185 g/mol. The highest BCUT2D eigenvalue weighted by atomic mass is 14.7. The van der Waals surface area contributed by atoms with Gasteiger partial charge in [0.1, 0.15) is 0 Å². The molecule has 0 saturated carbocycles. The third kappa shape index (κ3) is 1.50. The van der Waals surface area contributed by atoms with Crippen LogP contribution < -0.4 is 0 Å². The Bertz CT molecular complexity index is 413. The number of pyridine rings is 1. The zero-order valence-corrected chi connectivity index (χ0v) is 8.80. The van der Waals surface area contributed by atoms with E-state index in [1.165, 1.54) is 16.7 Å². The van der Waals surface area contributed by atoms with Gasteiger partial charge in [0.15, 0.2) is 0 Å². The molecule has 0 N–H and O–H groups in total. The molecule has 72 valence electrons. The molecular formula is C13H15N. The molecule has 1 nitrogen and oxygen atoms in total. The molecule has 1 heteroatoms. The summed E-state index contributed by atoms with van der Waals surface area (Å²) in [5.41, 5.74) is 5.94. The number of hydrogen-bond acceptors (Lipinski definition) is 1. The quantitative estimate of drug-likeness (QED) is 0.602. The van der Waals surface area contributed by atoms with Gasteiger partial charge >= 0.3 is 0 Å². The monoisotopic (exact) mass is 185 g/mol. The second kappa shape index (κ2) is 3.41. The van der Waals surface area contributed by atoms with Gasteiger partial charge in [0, 0.05) is 17.0 Å². The van der Waals surface area contributed by atoms with E-state index in [9.17, 15) is 0 Å². The van der Waals surface area contributed by atoms with Crippen LogP contribution in [-0.2, 0) is 0 Å². The zero-order chi connectivity index (χ0) is 10.1. The van der Waals surface area contributed by atoms with Gasteiger partial charge < -0.3 is 0 Å². The van der Waals surface area contributed by atoms with Gasteiger partial charge in [-0.05, 0) is 43.9 Å². The Kier molecular flexibility index (Phi) is 2.24. The molecule has 0 unspecified atom stereocenters. The molecule has 14 heavy (non-hydrogen) atoms. The normalized spacial score (nSPS) is 15.1. The number of aromatic nitrogens is 1. The number of aryl methyl sites for hydroxylation is 2. The summed E-state index contributed by atoms with van der Waals surface area (Å²) in [5.74, 6) is 0. The lowest BCUT2D eigenvalue weighted by Crippen LogP contribution is -1.96. The highest BCUT2D eigenvalue weighted by Gasteiger charge is 2.11. The summed E-state index contributed by atoms with van der Waals surface area (Å²) in [4.78, 5) is 4.48. The van der Waals surface area contributed by atoms with Crippen molar-refractivity contribution in [3.05, 3.63) is 41.2 Å². The number of hydrogen-bond donors (Lipinski definition) is 0. The van der Waals surface area contributed by atoms with Gasteiger partial charge in [-0.2, -0.15) is 0 Å². The van der Waals surface area contributed by atoms with E-state index in [4.69, 9.17) is 0 Å². The predicted octanol–water partition coefficient (Wildman–Crippen LogP) is 3.52. The van der Waals surface area contributed by atoms with Crippen LogP contribution in [0.2, 0.25) is 0 Å². The molecule has 2 rings (SSSR count). The topological polar surface area (TPSA) is 12.9 Å². The first kappa shape index (κ1) is 9.20. The molecule has 1 aromatic rings. The summed E-state index contributed by atoms with van der Waals surface area (Å²) in [6.07, 6.45) is 6.55. The molecule has 1 aliphatic carbocycles. The van der Waals surface area contributed by atoms with E-state index in [1.807, 2.05) is 6.92 Å². The van der Waals surface area contributed by atoms with E-state index >= 15 is 0 Å². The highest BCUT2D eigenvalue weighted by Crippen LogP contribution is 2.29. The summed E-state index contributed by atoms with van der Waals surface area (Å²) in [7, 11) is 0. The van der Waals surface area contributed by atoms with Crippen molar-refractivity contribution in [2.75, 3.05) is 0 Å². The second-order valence-corrected chi connectivity index (χ2v) is 3.86. The van der Waals surface area contributed by atoms with Crippen molar-refractivity contribution >= 4 is 11.6 Å². The fourth-order valence-corrected chi connectivity index (χ4v) is 2.04. The van der Waals surface area contributed by atoms with E-state index in [0.717, 1.165) is 24.2 Å². The summed E-state index contributed by atoms with van der Waals surface area (Å²) in [6.45, 7) is 8.23. The fraction of sp³-hybridized carbons (Fsp3) is 0.308. The zero-order valence-electron chi connectivity index (χ0n) is 8.80. The molecule has 1 aliphatic rings. The van der Waals surface area contributed by atoms with Crippen molar-refractivity contribution in [2.45, 2.75) is 26.7 Å². The van der Waals surface area contributed by atoms with Gasteiger partial charge in [0.2, 0.25) is 0 Å². The van der Waals surface area contributed by atoms with Crippen molar-refractivity contribution in [1.82, 2.24) is 4.98 Å². The molecular weight excluding hydrogens is 170 g/mol. The summed E-state index contributed by atoms with van der Waals surface area (Å²) < 4.78 is 0. The van der Waals surface area contributed by atoms with E-state index in [2.05, 4.69) is 36.7 Å². The Morgan fingerprint density at radius 3 is 2.93 bits per heavy atom. The van der Waals surface area contributed by atoms with Crippen molar-refractivity contribution in [3.63, 3.8) is 0 Å². The molecule has 0 amide bonds. The Balaban J connectivity index is 2.67. The Hall–Kier alpha value is -1.37. The molecule has 1 heterocycles. The van der Waals surface area contributed by atoms with Crippen LogP contribution in [0, 0.1) is 13.8 Å². The van der Waals surface area contributed by atoms with Crippen molar-refractivity contribution in [1.29, 1.82) is 0 Å². The molecule has 0 saturated heterocycles. The average Bonchev–Trinajstić information content (AvgIpc) is 2.27. The first-order chi connectivity index (χ1) is 6.68. The number of rotatable bonds is 0. The van der Waals surface area contributed by atoms with Crippen LogP contribution in [0.15, 0.2) is 18.7 Å². The standard InChI is InChI=1S/C13H15N/c1-9-6-4-5-7-12-8-10(2)14-11(3)13(9)12/h5,7-8H,1,4,6H2,2-3H3. The number of allylic oxidation sites excluding steroid dienone is 2. The molecule has 0 fully saturated rings. The molecule has 0 spiro atoms. The lowest BCUT2D eigenvalue weighted by molar-refractivity contribution is 1.06.